The molecule has 0 fully saturated rings. The fourth-order valence-electron chi connectivity index (χ4n) is 1.59. The molecule has 0 saturated heterocycles. The lowest BCUT2D eigenvalue weighted by atomic mass is 10.2. The molecule has 2 N–H and O–H groups in total. The maximum Gasteiger partial charge on any atom is 0.337 e. The molecule has 1 aromatic rings. The van der Waals surface area contributed by atoms with E-state index >= 15 is 0 Å². The van der Waals surface area contributed by atoms with Crippen molar-refractivity contribution in [3.05, 3.63) is 28.2 Å². The molecule has 0 spiro atoms. The fourth-order valence-corrected chi connectivity index (χ4v) is 3.64. The molecule has 0 atom stereocenters. The predicted octanol–water partition coefficient (Wildman–Crippen LogP) is 1.45. The molecule has 0 unspecified atom stereocenters. The van der Waals surface area contributed by atoms with Gasteiger partial charge in [-0.05, 0) is 24.6 Å². The molecule has 0 aliphatic rings. The van der Waals surface area contributed by atoms with Crippen molar-refractivity contribution in [3.8, 4) is 0 Å². The van der Waals surface area contributed by atoms with Crippen molar-refractivity contribution in [2.24, 2.45) is 0 Å². The van der Waals surface area contributed by atoms with Gasteiger partial charge in [0.05, 0.1) is 16.2 Å². The highest BCUT2D eigenvalue weighted by Gasteiger charge is 2.22. The number of carboxylic acid groups (broad SMARTS) is 1. The van der Waals surface area contributed by atoms with Crippen molar-refractivity contribution in [2.45, 2.75) is 17.7 Å². The number of hydrogen-bond donors (Lipinski definition) is 2. The first-order valence-corrected chi connectivity index (χ1v) is 8.18. The van der Waals surface area contributed by atoms with Crippen molar-refractivity contribution in [1.29, 1.82) is 0 Å². The summed E-state index contributed by atoms with van der Waals surface area (Å²) in [5, 5.41) is 11.4. The number of rotatable bonds is 6. The molecule has 0 aromatic heterocycles. The summed E-state index contributed by atoms with van der Waals surface area (Å²) in [4.78, 5) is 21.9. The Balaban J connectivity index is 3.00. The normalized spacial score (nSPS) is 11.1. The molecule has 8 heteroatoms. The van der Waals surface area contributed by atoms with E-state index < -0.39 is 15.8 Å². The Morgan fingerprint density at radius 1 is 1.35 bits per heavy atom. The zero-order valence-electron chi connectivity index (χ0n) is 10.7. The van der Waals surface area contributed by atoms with E-state index in [4.69, 9.17) is 5.11 Å². The van der Waals surface area contributed by atoms with E-state index in [1.165, 1.54) is 25.2 Å². The lowest BCUT2D eigenvalue weighted by Crippen LogP contribution is -2.19. The summed E-state index contributed by atoms with van der Waals surface area (Å²) in [5.74, 6) is -1.84. The van der Waals surface area contributed by atoms with Crippen LogP contribution >= 0.6 is 15.9 Å². The van der Waals surface area contributed by atoms with Crippen LogP contribution in [0.4, 0.5) is 0 Å². The van der Waals surface area contributed by atoms with E-state index in [2.05, 4.69) is 21.2 Å². The highest BCUT2D eigenvalue weighted by molar-refractivity contribution is 9.10. The smallest absolute Gasteiger partial charge is 0.337 e. The zero-order chi connectivity index (χ0) is 15.3. The Morgan fingerprint density at radius 2 is 2.00 bits per heavy atom. The predicted molar refractivity (Wildman–Crippen MR) is 76.5 cm³/mol. The third-order valence-electron chi connectivity index (χ3n) is 2.60. The molecule has 0 heterocycles. The van der Waals surface area contributed by atoms with Gasteiger partial charge in [-0.1, -0.05) is 15.9 Å². The number of carbonyl (C=O) groups is 2. The zero-order valence-corrected chi connectivity index (χ0v) is 13.1. The average Bonchev–Trinajstić information content (AvgIpc) is 2.37. The Bertz CT molecular complexity index is 627. The summed E-state index contributed by atoms with van der Waals surface area (Å²) >= 11 is 3.12. The van der Waals surface area contributed by atoms with Crippen molar-refractivity contribution >= 4 is 37.6 Å². The molecule has 20 heavy (non-hydrogen) atoms. The summed E-state index contributed by atoms with van der Waals surface area (Å²) in [5.41, 5.74) is -0.270. The van der Waals surface area contributed by atoms with E-state index in [0.717, 1.165) is 0 Å². The molecule has 6 nitrogen and oxygen atoms in total. The summed E-state index contributed by atoms with van der Waals surface area (Å²) in [7, 11) is -2.29. The lowest BCUT2D eigenvalue weighted by molar-refractivity contribution is -0.120. The quantitative estimate of drug-likeness (QED) is 0.796. The molecule has 0 radical (unpaired) electrons. The van der Waals surface area contributed by atoms with Crippen LogP contribution in [0.25, 0.3) is 0 Å². The Kier molecular flexibility index (Phi) is 5.70. The molecular weight excluding hydrogens is 350 g/mol. The molecule has 0 aliphatic heterocycles. The number of aromatic carboxylic acids is 1. The maximum absolute atomic E-state index is 12.2. The number of carbonyl (C=O) groups excluding carboxylic acids is 1. The minimum atomic E-state index is -3.75. The second-order valence-electron chi connectivity index (χ2n) is 4.04. The highest BCUT2D eigenvalue weighted by Crippen LogP contribution is 2.23. The largest absolute Gasteiger partial charge is 0.478 e. The van der Waals surface area contributed by atoms with E-state index in [9.17, 15) is 18.0 Å². The fraction of sp³-hybridized carbons (Fsp3) is 0.333. The van der Waals surface area contributed by atoms with Crippen LogP contribution in [0.15, 0.2) is 27.6 Å². The van der Waals surface area contributed by atoms with Gasteiger partial charge in [-0.15, -0.1) is 0 Å². The maximum atomic E-state index is 12.2. The first-order chi connectivity index (χ1) is 9.27. The summed E-state index contributed by atoms with van der Waals surface area (Å²) in [6.07, 6.45) is 0.208. The minimum absolute atomic E-state index is 0.0755. The number of sulfone groups is 1. The monoisotopic (exact) mass is 363 g/mol. The van der Waals surface area contributed by atoms with E-state index in [0.29, 0.717) is 4.47 Å². The highest BCUT2D eigenvalue weighted by atomic mass is 79.9. The van der Waals surface area contributed by atoms with Crippen molar-refractivity contribution < 1.29 is 23.1 Å². The number of nitrogens with one attached hydrogen (secondary N) is 1. The van der Waals surface area contributed by atoms with Crippen molar-refractivity contribution in [2.75, 3.05) is 12.8 Å². The molecule has 0 saturated carbocycles. The van der Waals surface area contributed by atoms with Crippen LogP contribution in [0.5, 0.6) is 0 Å². The summed E-state index contributed by atoms with van der Waals surface area (Å²) in [6.45, 7) is 0. The second-order valence-corrected chi connectivity index (χ2v) is 7.03. The lowest BCUT2D eigenvalue weighted by Gasteiger charge is -2.08. The first kappa shape index (κ1) is 16.6. The van der Waals surface area contributed by atoms with Gasteiger partial charge in [0.1, 0.15) is 0 Å². The summed E-state index contributed by atoms with van der Waals surface area (Å²) in [6, 6.07) is 3.96. The number of benzene rings is 1. The van der Waals surface area contributed by atoms with E-state index in [-0.39, 0.29) is 35.0 Å². The number of carboxylic acids is 1. The Hall–Kier alpha value is -1.41. The van der Waals surface area contributed by atoms with Crippen LogP contribution < -0.4 is 5.32 Å². The van der Waals surface area contributed by atoms with Gasteiger partial charge in [-0.3, -0.25) is 4.79 Å². The SMILES string of the molecule is CNC(=O)CCCS(=O)(=O)c1cc(Br)ccc1C(=O)O. The Morgan fingerprint density at radius 3 is 2.55 bits per heavy atom. The van der Waals surface area contributed by atoms with Gasteiger partial charge in [0.15, 0.2) is 9.84 Å². The molecule has 1 amide bonds. The van der Waals surface area contributed by atoms with Crippen LogP contribution in [-0.2, 0) is 14.6 Å². The molecule has 110 valence electrons. The standard InChI is InChI=1S/C12H14BrNO5S/c1-14-11(15)3-2-6-20(18,19)10-7-8(13)4-5-9(10)12(16)17/h4-5,7H,2-3,6H2,1H3,(H,14,15)(H,16,17). The van der Waals surface area contributed by atoms with Crippen LogP contribution in [-0.4, -0.2) is 38.2 Å². The van der Waals surface area contributed by atoms with Crippen molar-refractivity contribution in [3.63, 3.8) is 0 Å². The molecule has 1 aromatic carbocycles. The molecule has 0 aliphatic carbocycles. The third-order valence-corrected chi connectivity index (χ3v) is 4.93. The minimum Gasteiger partial charge on any atom is -0.478 e. The molecular formula is C12H14BrNO5S. The number of amides is 1. The van der Waals surface area contributed by atoms with Gasteiger partial charge in [-0.25, -0.2) is 13.2 Å². The first-order valence-electron chi connectivity index (χ1n) is 5.74. The average molecular weight is 364 g/mol. The third kappa shape index (κ3) is 4.31. The van der Waals surface area contributed by atoms with Gasteiger partial charge in [0, 0.05) is 17.9 Å². The number of halogens is 1. The van der Waals surface area contributed by atoms with Gasteiger partial charge >= 0.3 is 5.97 Å². The topological polar surface area (TPSA) is 101 Å². The second kappa shape index (κ2) is 6.85. The van der Waals surface area contributed by atoms with Gasteiger partial charge in [0.2, 0.25) is 5.91 Å². The molecule has 1 rings (SSSR count). The Labute approximate surface area is 125 Å². The van der Waals surface area contributed by atoms with Gasteiger partial charge in [-0.2, -0.15) is 0 Å². The summed E-state index contributed by atoms with van der Waals surface area (Å²) < 4.78 is 24.8. The van der Waals surface area contributed by atoms with Crippen molar-refractivity contribution in [1.82, 2.24) is 5.32 Å². The van der Waals surface area contributed by atoms with E-state index in [1.807, 2.05) is 0 Å². The molecule has 0 bridgehead atoms. The van der Waals surface area contributed by atoms with Crippen LogP contribution in [0.3, 0.4) is 0 Å². The van der Waals surface area contributed by atoms with Crippen LogP contribution in [0.1, 0.15) is 23.2 Å². The van der Waals surface area contributed by atoms with E-state index in [1.54, 1.807) is 0 Å². The van der Waals surface area contributed by atoms with Gasteiger partial charge < -0.3 is 10.4 Å². The van der Waals surface area contributed by atoms with Gasteiger partial charge in [0.25, 0.3) is 0 Å². The van der Waals surface area contributed by atoms with Crippen LogP contribution in [0.2, 0.25) is 0 Å². The van der Waals surface area contributed by atoms with Crippen LogP contribution in [0, 0.1) is 0 Å². The number of hydrogen-bond acceptors (Lipinski definition) is 4.